The Morgan fingerprint density at radius 1 is 0.969 bits per heavy atom. The molecule has 0 heterocycles. The van der Waals surface area contributed by atoms with Gasteiger partial charge >= 0.3 is 0 Å². The molecule has 7 nitrogen and oxygen atoms in total. The van der Waals surface area contributed by atoms with Gasteiger partial charge in [-0.3, -0.25) is 14.3 Å². The van der Waals surface area contributed by atoms with Crippen molar-refractivity contribution in [1.82, 2.24) is 4.90 Å². The molecule has 0 aliphatic heterocycles. The first-order valence-corrected chi connectivity index (χ1v) is 11.1. The predicted molar refractivity (Wildman–Crippen MR) is 121 cm³/mol. The van der Waals surface area contributed by atoms with Gasteiger partial charge < -0.3 is 10.2 Å². The molecule has 0 saturated carbocycles. The standard InChI is InChI=1S/C22H19ClFN3O4S/c1-27(2)22(29)17-13-15(10-11-18(17)23)25-21(28)14-6-5-7-16(12-14)32(30,31)26-20-9-4-3-8-19(20)24/h3-13,26H,1-2H3,(H,25,28). The summed E-state index contributed by atoms with van der Waals surface area (Å²) in [5.74, 6) is -1.66. The smallest absolute Gasteiger partial charge is 0.262 e. The number of amides is 2. The number of hydrogen-bond acceptors (Lipinski definition) is 4. The lowest BCUT2D eigenvalue weighted by atomic mass is 10.1. The van der Waals surface area contributed by atoms with Crippen LogP contribution >= 0.6 is 11.6 Å². The van der Waals surface area contributed by atoms with E-state index in [-0.39, 0.29) is 32.6 Å². The van der Waals surface area contributed by atoms with E-state index in [1.165, 1.54) is 65.6 Å². The largest absolute Gasteiger partial charge is 0.345 e. The molecule has 0 spiro atoms. The van der Waals surface area contributed by atoms with E-state index in [1.54, 1.807) is 14.1 Å². The zero-order valence-corrected chi connectivity index (χ0v) is 18.7. The van der Waals surface area contributed by atoms with Gasteiger partial charge in [0.25, 0.3) is 21.8 Å². The molecule has 166 valence electrons. The minimum atomic E-state index is -4.14. The Kier molecular flexibility index (Phi) is 6.81. The van der Waals surface area contributed by atoms with Crippen molar-refractivity contribution in [2.45, 2.75) is 4.90 Å². The fourth-order valence-electron chi connectivity index (χ4n) is 2.76. The van der Waals surface area contributed by atoms with E-state index in [0.29, 0.717) is 5.69 Å². The second-order valence-electron chi connectivity index (χ2n) is 6.96. The maximum Gasteiger partial charge on any atom is 0.262 e. The van der Waals surface area contributed by atoms with Crippen LogP contribution in [-0.2, 0) is 10.0 Å². The molecule has 0 radical (unpaired) electrons. The number of sulfonamides is 1. The van der Waals surface area contributed by atoms with Gasteiger partial charge in [-0.2, -0.15) is 0 Å². The quantitative estimate of drug-likeness (QED) is 0.557. The molecular formula is C22H19ClFN3O4S. The first kappa shape index (κ1) is 23.2. The molecule has 0 aliphatic carbocycles. The van der Waals surface area contributed by atoms with Crippen molar-refractivity contribution in [2.75, 3.05) is 24.1 Å². The van der Waals surface area contributed by atoms with E-state index in [2.05, 4.69) is 10.0 Å². The lowest BCUT2D eigenvalue weighted by Gasteiger charge is -2.13. The van der Waals surface area contributed by atoms with E-state index in [1.807, 2.05) is 0 Å². The van der Waals surface area contributed by atoms with E-state index < -0.39 is 21.7 Å². The van der Waals surface area contributed by atoms with Crippen LogP contribution in [0.2, 0.25) is 5.02 Å². The highest BCUT2D eigenvalue weighted by Gasteiger charge is 2.19. The van der Waals surface area contributed by atoms with Crippen LogP contribution in [0.3, 0.4) is 0 Å². The van der Waals surface area contributed by atoms with Crippen LogP contribution < -0.4 is 10.0 Å². The molecule has 3 aromatic carbocycles. The molecule has 0 fully saturated rings. The number of para-hydroxylation sites is 1. The highest BCUT2D eigenvalue weighted by molar-refractivity contribution is 7.92. The Morgan fingerprint density at radius 2 is 1.69 bits per heavy atom. The first-order valence-electron chi connectivity index (χ1n) is 9.28. The van der Waals surface area contributed by atoms with Crippen molar-refractivity contribution in [1.29, 1.82) is 0 Å². The van der Waals surface area contributed by atoms with Crippen LogP contribution in [0.5, 0.6) is 0 Å². The number of carbonyl (C=O) groups is 2. The van der Waals surface area contributed by atoms with Crippen LogP contribution in [-0.4, -0.2) is 39.2 Å². The van der Waals surface area contributed by atoms with E-state index in [4.69, 9.17) is 11.6 Å². The molecule has 3 aromatic rings. The lowest BCUT2D eigenvalue weighted by Crippen LogP contribution is -2.22. The highest BCUT2D eigenvalue weighted by atomic mass is 35.5. The van der Waals surface area contributed by atoms with Gasteiger partial charge in [0, 0.05) is 25.3 Å². The molecule has 32 heavy (non-hydrogen) atoms. The minimum absolute atomic E-state index is 0.0526. The van der Waals surface area contributed by atoms with Gasteiger partial charge in [0.15, 0.2) is 0 Å². The summed E-state index contributed by atoms with van der Waals surface area (Å²) in [6, 6.07) is 15.1. The monoisotopic (exact) mass is 475 g/mol. The average Bonchev–Trinajstić information content (AvgIpc) is 2.76. The molecular weight excluding hydrogens is 457 g/mol. The zero-order chi connectivity index (χ0) is 23.5. The third-order valence-electron chi connectivity index (χ3n) is 4.39. The number of anilines is 2. The van der Waals surface area contributed by atoms with Gasteiger partial charge in [-0.15, -0.1) is 0 Å². The van der Waals surface area contributed by atoms with Gasteiger partial charge in [-0.05, 0) is 48.5 Å². The second kappa shape index (κ2) is 9.37. The summed E-state index contributed by atoms with van der Waals surface area (Å²) < 4.78 is 41.3. The Hall–Kier alpha value is -3.43. The second-order valence-corrected chi connectivity index (χ2v) is 9.05. The van der Waals surface area contributed by atoms with Gasteiger partial charge in [-0.1, -0.05) is 29.8 Å². The summed E-state index contributed by atoms with van der Waals surface area (Å²) in [6.45, 7) is 0. The molecule has 0 aromatic heterocycles. The van der Waals surface area contributed by atoms with Crippen molar-refractivity contribution in [3.05, 3.63) is 88.7 Å². The van der Waals surface area contributed by atoms with Crippen molar-refractivity contribution >= 4 is 44.8 Å². The normalized spacial score (nSPS) is 11.0. The number of carbonyl (C=O) groups excluding carboxylic acids is 2. The molecule has 2 N–H and O–H groups in total. The fourth-order valence-corrected chi connectivity index (χ4v) is 4.07. The van der Waals surface area contributed by atoms with E-state index in [0.717, 1.165) is 6.07 Å². The van der Waals surface area contributed by atoms with Crippen LogP contribution in [0.25, 0.3) is 0 Å². The maximum absolute atomic E-state index is 13.8. The molecule has 2 amide bonds. The summed E-state index contributed by atoms with van der Waals surface area (Å²) in [4.78, 5) is 26.1. The number of halogens is 2. The van der Waals surface area contributed by atoms with Crippen LogP contribution in [0.1, 0.15) is 20.7 Å². The fraction of sp³-hybridized carbons (Fsp3) is 0.0909. The van der Waals surface area contributed by atoms with Gasteiger partial charge in [0.1, 0.15) is 5.82 Å². The molecule has 0 saturated heterocycles. The zero-order valence-electron chi connectivity index (χ0n) is 17.1. The Morgan fingerprint density at radius 3 is 2.38 bits per heavy atom. The van der Waals surface area contributed by atoms with Crippen LogP contribution in [0.4, 0.5) is 15.8 Å². The van der Waals surface area contributed by atoms with Crippen molar-refractivity contribution < 1.29 is 22.4 Å². The highest BCUT2D eigenvalue weighted by Crippen LogP contribution is 2.23. The summed E-state index contributed by atoms with van der Waals surface area (Å²) in [7, 11) is -0.986. The summed E-state index contributed by atoms with van der Waals surface area (Å²) in [6.07, 6.45) is 0. The molecule has 10 heteroatoms. The van der Waals surface area contributed by atoms with Crippen molar-refractivity contribution in [2.24, 2.45) is 0 Å². The third-order valence-corrected chi connectivity index (χ3v) is 6.08. The number of benzene rings is 3. The minimum Gasteiger partial charge on any atom is -0.345 e. The Balaban J connectivity index is 1.84. The Labute approximate surface area is 189 Å². The molecule has 0 atom stereocenters. The van der Waals surface area contributed by atoms with Gasteiger partial charge in [-0.25, -0.2) is 12.8 Å². The molecule has 0 unspecified atom stereocenters. The topological polar surface area (TPSA) is 95.6 Å². The summed E-state index contributed by atoms with van der Waals surface area (Å²) in [5, 5.41) is 2.84. The summed E-state index contributed by atoms with van der Waals surface area (Å²) in [5.41, 5.74) is 0.362. The van der Waals surface area contributed by atoms with Crippen molar-refractivity contribution in [3.8, 4) is 0 Å². The van der Waals surface area contributed by atoms with E-state index >= 15 is 0 Å². The first-order chi connectivity index (χ1) is 15.1. The predicted octanol–water partition coefficient (Wildman–Crippen LogP) is 4.23. The number of nitrogens with one attached hydrogen (secondary N) is 2. The lowest BCUT2D eigenvalue weighted by molar-refractivity contribution is 0.0827. The van der Waals surface area contributed by atoms with E-state index in [9.17, 15) is 22.4 Å². The van der Waals surface area contributed by atoms with Gasteiger partial charge in [0.2, 0.25) is 0 Å². The number of rotatable bonds is 6. The van der Waals surface area contributed by atoms with Gasteiger partial charge in [0.05, 0.1) is 21.2 Å². The Bertz CT molecular complexity index is 1300. The summed E-state index contributed by atoms with van der Waals surface area (Å²) >= 11 is 6.08. The van der Waals surface area contributed by atoms with Crippen molar-refractivity contribution in [3.63, 3.8) is 0 Å². The van der Waals surface area contributed by atoms with Crippen LogP contribution in [0.15, 0.2) is 71.6 Å². The molecule has 0 aliphatic rings. The van der Waals surface area contributed by atoms with Crippen LogP contribution in [0, 0.1) is 5.82 Å². The number of hydrogen-bond donors (Lipinski definition) is 2. The maximum atomic E-state index is 13.8. The number of nitrogens with zero attached hydrogens (tertiary/aromatic N) is 1. The molecule has 0 bridgehead atoms. The third kappa shape index (κ3) is 5.24. The SMILES string of the molecule is CN(C)C(=O)c1cc(NC(=O)c2cccc(S(=O)(=O)Nc3ccccc3F)c2)ccc1Cl. The molecule has 3 rings (SSSR count). The average molecular weight is 476 g/mol.